The van der Waals surface area contributed by atoms with Crippen molar-refractivity contribution in [3.63, 3.8) is 0 Å². The minimum atomic E-state index is 0.625. The lowest BCUT2D eigenvalue weighted by Gasteiger charge is -2.13. The first-order chi connectivity index (χ1) is 5.22. The summed E-state index contributed by atoms with van der Waals surface area (Å²) in [6.45, 7) is 8.67. The lowest BCUT2D eigenvalue weighted by molar-refractivity contribution is 0.436. The van der Waals surface area contributed by atoms with Crippen LogP contribution in [0.5, 0.6) is 0 Å². The van der Waals surface area contributed by atoms with Gasteiger partial charge < -0.3 is 0 Å². The molecule has 0 aromatic carbocycles. The molecule has 0 heteroatoms. The van der Waals surface area contributed by atoms with E-state index in [1.54, 1.807) is 0 Å². The average molecular weight is 152 g/mol. The summed E-state index contributed by atoms with van der Waals surface area (Å²) < 4.78 is 0. The zero-order chi connectivity index (χ0) is 8.69. The number of unbranched alkanes of at least 4 members (excludes halogenated alkanes) is 1. The molecule has 1 unspecified atom stereocenters. The van der Waals surface area contributed by atoms with E-state index in [-0.39, 0.29) is 0 Å². The molecule has 0 bridgehead atoms. The molecule has 0 amide bonds. The molecule has 0 aliphatic rings. The molecule has 0 aliphatic carbocycles. The normalized spacial score (nSPS) is 12.5. The highest BCUT2D eigenvalue weighted by molar-refractivity contribution is 5.01. The summed E-state index contributed by atoms with van der Waals surface area (Å²) in [5.74, 6) is 7.62. The molecule has 0 fully saturated rings. The highest BCUT2D eigenvalue weighted by Gasteiger charge is 2.08. The average Bonchev–Trinajstić information content (AvgIpc) is 1.97. The Morgan fingerprint density at radius 2 is 1.91 bits per heavy atom. The summed E-state index contributed by atoms with van der Waals surface area (Å²) >= 11 is 0. The number of rotatable bonds is 4. The third kappa shape index (κ3) is 4.90. The van der Waals surface area contributed by atoms with Crippen molar-refractivity contribution >= 4 is 0 Å². The van der Waals surface area contributed by atoms with Gasteiger partial charge in [-0.2, -0.15) is 0 Å². The van der Waals surface area contributed by atoms with Gasteiger partial charge in [0.15, 0.2) is 0 Å². The topological polar surface area (TPSA) is 0 Å². The van der Waals surface area contributed by atoms with E-state index < -0.39 is 0 Å². The number of hydrogen-bond acceptors (Lipinski definition) is 0. The van der Waals surface area contributed by atoms with E-state index in [2.05, 4.69) is 32.6 Å². The van der Waals surface area contributed by atoms with E-state index in [1.807, 2.05) is 6.92 Å². The van der Waals surface area contributed by atoms with E-state index in [4.69, 9.17) is 0 Å². The maximum atomic E-state index is 3.27. The van der Waals surface area contributed by atoms with Gasteiger partial charge in [0.25, 0.3) is 0 Å². The Morgan fingerprint density at radius 1 is 1.27 bits per heavy atom. The zero-order valence-corrected chi connectivity index (χ0v) is 8.28. The molecule has 0 N–H and O–H groups in total. The summed E-state index contributed by atoms with van der Waals surface area (Å²) in [5, 5.41) is 0. The third-order valence-corrected chi connectivity index (χ3v) is 2.00. The van der Waals surface area contributed by atoms with Crippen molar-refractivity contribution in [2.24, 2.45) is 11.8 Å². The summed E-state index contributed by atoms with van der Waals surface area (Å²) in [5.41, 5.74) is 0. The summed E-state index contributed by atoms with van der Waals surface area (Å²) in [7, 11) is 0. The van der Waals surface area contributed by atoms with Crippen LogP contribution in [0.25, 0.3) is 0 Å². The molecule has 0 heterocycles. The number of hydrogen-bond donors (Lipinski definition) is 0. The second kappa shape index (κ2) is 6.28. The second-order valence-corrected chi connectivity index (χ2v) is 3.39. The lowest BCUT2D eigenvalue weighted by atomic mass is 9.91. The lowest BCUT2D eigenvalue weighted by Crippen LogP contribution is -2.05. The summed E-state index contributed by atoms with van der Waals surface area (Å²) in [4.78, 5) is 0. The van der Waals surface area contributed by atoms with E-state index in [9.17, 15) is 0 Å². The van der Waals surface area contributed by atoms with Gasteiger partial charge in [0.2, 0.25) is 0 Å². The molecule has 0 nitrogen and oxygen atoms in total. The van der Waals surface area contributed by atoms with Gasteiger partial charge in [0, 0.05) is 5.92 Å². The molecule has 0 rings (SSSR count). The maximum Gasteiger partial charge on any atom is 0.0225 e. The maximum absolute atomic E-state index is 3.27. The van der Waals surface area contributed by atoms with Crippen molar-refractivity contribution in [2.45, 2.75) is 47.0 Å². The van der Waals surface area contributed by atoms with Gasteiger partial charge in [-0.25, -0.2) is 0 Å². The van der Waals surface area contributed by atoms with Crippen LogP contribution in [0.15, 0.2) is 0 Å². The Kier molecular flexibility index (Phi) is 6.03. The fraction of sp³-hybridized carbons (Fsp3) is 0.818. The predicted octanol–water partition coefficient (Wildman–Crippen LogP) is 3.47. The van der Waals surface area contributed by atoms with Crippen molar-refractivity contribution in [3.8, 4) is 11.8 Å². The molecule has 0 aromatic heterocycles. The fourth-order valence-electron chi connectivity index (χ4n) is 1.18. The Morgan fingerprint density at radius 3 is 2.27 bits per heavy atom. The molecule has 11 heavy (non-hydrogen) atoms. The molecule has 0 aromatic rings. The van der Waals surface area contributed by atoms with Gasteiger partial charge in [-0.1, -0.05) is 39.5 Å². The van der Waals surface area contributed by atoms with E-state index in [0.717, 1.165) is 0 Å². The Labute approximate surface area is 71.4 Å². The van der Waals surface area contributed by atoms with Crippen molar-refractivity contribution in [1.82, 2.24) is 0 Å². The van der Waals surface area contributed by atoms with Crippen LogP contribution >= 0.6 is 0 Å². The Balaban J connectivity index is 3.76. The van der Waals surface area contributed by atoms with Crippen LogP contribution in [0.4, 0.5) is 0 Å². The second-order valence-electron chi connectivity index (χ2n) is 3.39. The third-order valence-electron chi connectivity index (χ3n) is 2.00. The first-order valence-corrected chi connectivity index (χ1v) is 4.64. The zero-order valence-electron chi connectivity index (χ0n) is 8.28. The quantitative estimate of drug-likeness (QED) is 0.541. The van der Waals surface area contributed by atoms with E-state index in [0.29, 0.717) is 11.8 Å². The van der Waals surface area contributed by atoms with E-state index >= 15 is 0 Å². The fourth-order valence-corrected chi connectivity index (χ4v) is 1.18. The van der Waals surface area contributed by atoms with Crippen molar-refractivity contribution < 1.29 is 0 Å². The van der Waals surface area contributed by atoms with Gasteiger partial charge in [-0.05, 0) is 19.3 Å². The predicted molar refractivity (Wildman–Crippen MR) is 51.3 cm³/mol. The molecular formula is C11H20. The minimum Gasteiger partial charge on any atom is -0.106 e. The van der Waals surface area contributed by atoms with Crippen LogP contribution in [-0.4, -0.2) is 0 Å². The van der Waals surface area contributed by atoms with Crippen LogP contribution in [0.3, 0.4) is 0 Å². The first kappa shape index (κ1) is 10.6. The Bertz CT molecular complexity index is 134. The van der Waals surface area contributed by atoms with Gasteiger partial charge in [0.05, 0.1) is 0 Å². The molecule has 0 spiro atoms. The summed E-state index contributed by atoms with van der Waals surface area (Å²) in [6, 6.07) is 0. The van der Waals surface area contributed by atoms with Crippen LogP contribution in [-0.2, 0) is 0 Å². The standard InChI is InChI=1S/C11H20/c1-5-7-9-11(8-6-2)10(3)4/h10-11H,5,7,9H2,1-4H3. The highest BCUT2D eigenvalue weighted by Crippen LogP contribution is 2.16. The molecule has 0 radical (unpaired) electrons. The van der Waals surface area contributed by atoms with Gasteiger partial charge in [0.1, 0.15) is 0 Å². The first-order valence-electron chi connectivity index (χ1n) is 4.64. The van der Waals surface area contributed by atoms with Crippen LogP contribution < -0.4 is 0 Å². The Hall–Kier alpha value is -0.440. The molecular weight excluding hydrogens is 132 g/mol. The SMILES string of the molecule is CC#CC(CCCC)C(C)C. The van der Waals surface area contributed by atoms with Crippen molar-refractivity contribution in [1.29, 1.82) is 0 Å². The molecule has 64 valence electrons. The van der Waals surface area contributed by atoms with Gasteiger partial charge in [-0.3, -0.25) is 0 Å². The monoisotopic (exact) mass is 152 g/mol. The molecule has 0 saturated heterocycles. The molecule has 1 atom stereocenters. The van der Waals surface area contributed by atoms with Crippen LogP contribution in [0.1, 0.15) is 47.0 Å². The largest absolute Gasteiger partial charge is 0.106 e. The van der Waals surface area contributed by atoms with Crippen molar-refractivity contribution in [3.05, 3.63) is 0 Å². The van der Waals surface area contributed by atoms with E-state index in [1.165, 1.54) is 19.3 Å². The smallest absolute Gasteiger partial charge is 0.0225 e. The van der Waals surface area contributed by atoms with Crippen LogP contribution in [0, 0.1) is 23.7 Å². The van der Waals surface area contributed by atoms with Crippen LogP contribution in [0.2, 0.25) is 0 Å². The molecule has 0 aliphatic heterocycles. The highest BCUT2D eigenvalue weighted by atomic mass is 14.1. The van der Waals surface area contributed by atoms with Gasteiger partial charge >= 0.3 is 0 Å². The van der Waals surface area contributed by atoms with Crippen molar-refractivity contribution in [2.75, 3.05) is 0 Å². The van der Waals surface area contributed by atoms with Gasteiger partial charge in [-0.15, -0.1) is 5.92 Å². The minimum absolute atomic E-state index is 0.625. The summed E-state index contributed by atoms with van der Waals surface area (Å²) in [6.07, 6.45) is 3.88. The molecule has 0 saturated carbocycles.